The van der Waals surface area contributed by atoms with Crippen LogP contribution in [0.25, 0.3) is 33.0 Å². The molecule has 0 unspecified atom stereocenters. The van der Waals surface area contributed by atoms with Gasteiger partial charge in [0, 0.05) is 22.4 Å². The van der Waals surface area contributed by atoms with Crippen LogP contribution >= 0.6 is 0 Å². The quantitative estimate of drug-likeness (QED) is 0.215. The first-order valence-corrected chi connectivity index (χ1v) is 14.7. The summed E-state index contributed by atoms with van der Waals surface area (Å²) in [6.45, 7) is 9.36. The molecule has 0 fully saturated rings. The molecule has 0 saturated carbocycles. The summed E-state index contributed by atoms with van der Waals surface area (Å²) in [5.41, 5.74) is 12.9. The molecular formula is C40H35N. The van der Waals surface area contributed by atoms with E-state index in [0.717, 1.165) is 5.69 Å². The second-order valence-corrected chi connectivity index (χ2v) is 12.0. The highest BCUT2D eigenvalue weighted by Gasteiger charge is 2.37. The highest BCUT2D eigenvalue weighted by Crippen LogP contribution is 2.53. The van der Waals surface area contributed by atoms with Gasteiger partial charge in [-0.25, -0.2) is 0 Å². The smallest absolute Gasteiger partial charge is 0.0546 e. The van der Waals surface area contributed by atoms with Gasteiger partial charge in [-0.1, -0.05) is 131 Å². The van der Waals surface area contributed by atoms with Gasteiger partial charge < -0.3 is 4.90 Å². The molecule has 200 valence electrons. The summed E-state index contributed by atoms with van der Waals surface area (Å²) in [5, 5.41) is 2.50. The van der Waals surface area contributed by atoms with Gasteiger partial charge in [-0.3, -0.25) is 0 Å². The van der Waals surface area contributed by atoms with E-state index in [1.807, 2.05) is 0 Å². The third-order valence-corrected chi connectivity index (χ3v) is 8.82. The second kappa shape index (κ2) is 9.78. The Balaban J connectivity index is 1.50. The highest BCUT2D eigenvalue weighted by molar-refractivity contribution is 6.05. The zero-order chi connectivity index (χ0) is 28.1. The van der Waals surface area contributed by atoms with Gasteiger partial charge in [0.2, 0.25) is 0 Å². The minimum Gasteiger partial charge on any atom is -0.310 e. The molecule has 0 N–H and O–H groups in total. The van der Waals surface area contributed by atoms with Crippen LogP contribution in [0.2, 0.25) is 0 Å². The fourth-order valence-electron chi connectivity index (χ4n) is 6.78. The Hall–Kier alpha value is -4.62. The summed E-state index contributed by atoms with van der Waals surface area (Å²) in [6, 6.07) is 48.9. The number of rotatable bonds is 5. The molecule has 7 rings (SSSR count). The zero-order valence-electron chi connectivity index (χ0n) is 24.2. The number of fused-ring (bicyclic) bond motifs is 4. The third kappa shape index (κ3) is 4.07. The van der Waals surface area contributed by atoms with Gasteiger partial charge in [0.25, 0.3) is 0 Å². The van der Waals surface area contributed by atoms with Crippen molar-refractivity contribution in [3.05, 3.63) is 150 Å². The van der Waals surface area contributed by atoms with E-state index in [1.165, 1.54) is 61.1 Å². The minimum absolute atomic E-state index is 0.0838. The number of nitrogens with zero attached hydrogens (tertiary/aromatic N) is 1. The Labute approximate surface area is 243 Å². The summed E-state index contributed by atoms with van der Waals surface area (Å²) >= 11 is 0. The molecular weight excluding hydrogens is 494 g/mol. The van der Waals surface area contributed by atoms with Crippen LogP contribution in [0.4, 0.5) is 17.1 Å². The normalized spacial score (nSPS) is 13.3. The lowest BCUT2D eigenvalue weighted by atomic mass is 9.81. The molecule has 0 bridgehead atoms. The van der Waals surface area contributed by atoms with Crippen LogP contribution in [0.5, 0.6) is 0 Å². The molecule has 0 heterocycles. The highest BCUT2D eigenvalue weighted by atomic mass is 15.1. The van der Waals surface area contributed by atoms with Crippen LogP contribution in [-0.4, -0.2) is 0 Å². The lowest BCUT2D eigenvalue weighted by molar-refractivity contribution is 0.659. The van der Waals surface area contributed by atoms with Gasteiger partial charge in [0.1, 0.15) is 0 Å². The standard InChI is InChI=1S/C40H35N/c1-27(2)32-20-13-21-35-39(32)34-24-23-31(26-36(34)40(35,3)4)41(30-17-9-6-10-18-30)37-25-22-28-14-11-12-19-33(28)38(37)29-15-7-5-8-16-29/h5-27H,1-4H3. The van der Waals surface area contributed by atoms with Gasteiger partial charge in [-0.05, 0) is 80.4 Å². The number of para-hydroxylation sites is 1. The average Bonchev–Trinajstić information content (AvgIpc) is 3.24. The molecule has 0 amide bonds. The molecule has 1 nitrogen and oxygen atoms in total. The summed E-state index contributed by atoms with van der Waals surface area (Å²) < 4.78 is 0. The van der Waals surface area contributed by atoms with Crippen molar-refractivity contribution in [3.63, 3.8) is 0 Å². The van der Waals surface area contributed by atoms with E-state index in [-0.39, 0.29) is 5.41 Å². The molecule has 6 aromatic carbocycles. The Morgan fingerprint density at radius 3 is 2.02 bits per heavy atom. The third-order valence-electron chi connectivity index (χ3n) is 8.82. The fourth-order valence-corrected chi connectivity index (χ4v) is 6.78. The van der Waals surface area contributed by atoms with Crippen molar-refractivity contribution in [2.24, 2.45) is 0 Å². The van der Waals surface area contributed by atoms with E-state index in [1.54, 1.807) is 0 Å². The Bertz CT molecular complexity index is 1880. The molecule has 0 spiro atoms. The number of hydrogen-bond donors (Lipinski definition) is 0. The maximum absolute atomic E-state index is 2.44. The van der Waals surface area contributed by atoms with Crippen molar-refractivity contribution in [2.45, 2.75) is 39.0 Å². The van der Waals surface area contributed by atoms with Crippen LogP contribution in [0.15, 0.2) is 133 Å². The minimum atomic E-state index is -0.0838. The first-order valence-electron chi connectivity index (χ1n) is 14.7. The molecule has 6 aromatic rings. The predicted octanol–water partition coefficient (Wildman–Crippen LogP) is 11.4. The van der Waals surface area contributed by atoms with Crippen LogP contribution in [-0.2, 0) is 5.41 Å². The number of benzene rings is 6. The van der Waals surface area contributed by atoms with Gasteiger partial charge in [-0.2, -0.15) is 0 Å². The van der Waals surface area contributed by atoms with Gasteiger partial charge >= 0.3 is 0 Å². The van der Waals surface area contributed by atoms with Crippen LogP contribution < -0.4 is 4.90 Å². The largest absolute Gasteiger partial charge is 0.310 e. The maximum Gasteiger partial charge on any atom is 0.0546 e. The summed E-state index contributed by atoms with van der Waals surface area (Å²) in [5.74, 6) is 0.471. The number of hydrogen-bond acceptors (Lipinski definition) is 1. The van der Waals surface area contributed by atoms with Crippen molar-refractivity contribution in [3.8, 4) is 22.3 Å². The van der Waals surface area contributed by atoms with Crippen molar-refractivity contribution in [2.75, 3.05) is 4.90 Å². The second-order valence-electron chi connectivity index (χ2n) is 12.0. The van der Waals surface area contributed by atoms with E-state index in [2.05, 4.69) is 166 Å². The average molecular weight is 530 g/mol. The molecule has 0 aromatic heterocycles. The SMILES string of the molecule is CC(C)c1cccc2c1-c1ccc(N(c3ccccc3)c3ccc4ccccc4c3-c3ccccc3)cc1C2(C)C. The van der Waals surface area contributed by atoms with Crippen LogP contribution in [0, 0.1) is 0 Å². The predicted molar refractivity (Wildman–Crippen MR) is 176 cm³/mol. The topological polar surface area (TPSA) is 3.24 Å². The Morgan fingerprint density at radius 2 is 1.27 bits per heavy atom. The van der Waals surface area contributed by atoms with Crippen LogP contribution in [0.1, 0.15) is 50.3 Å². The molecule has 41 heavy (non-hydrogen) atoms. The molecule has 0 atom stereocenters. The van der Waals surface area contributed by atoms with E-state index >= 15 is 0 Å². The molecule has 1 aliphatic rings. The molecule has 1 heteroatoms. The number of anilines is 3. The van der Waals surface area contributed by atoms with E-state index in [0.29, 0.717) is 5.92 Å². The zero-order valence-corrected chi connectivity index (χ0v) is 24.2. The lowest BCUT2D eigenvalue weighted by Crippen LogP contribution is -2.17. The Morgan fingerprint density at radius 1 is 0.561 bits per heavy atom. The van der Waals surface area contributed by atoms with Crippen molar-refractivity contribution in [1.82, 2.24) is 0 Å². The van der Waals surface area contributed by atoms with Crippen molar-refractivity contribution in [1.29, 1.82) is 0 Å². The van der Waals surface area contributed by atoms with E-state index in [9.17, 15) is 0 Å². The monoisotopic (exact) mass is 529 g/mol. The van der Waals surface area contributed by atoms with E-state index < -0.39 is 0 Å². The first-order chi connectivity index (χ1) is 19.9. The molecule has 0 radical (unpaired) electrons. The Kier molecular flexibility index (Phi) is 6.05. The fraction of sp³-hybridized carbons (Fsp3) is 0.150. The van der Waals surface area contributed by atoms with Gasteiger partial charge in [-0.15, -0.1) is 0 Å². The molecule has 1 aliphatic carbocycles. The van der Waals surface area contributed by atoms with Crippen LogP contribution in [0.3, 0.4) is 0 Å². The molecule has 0 aliphatic heterocycles. The lowest BCUT2D eigenvalue weighted by Gasteiger charge is -2.30. The summed E-state index contributed by atoms with van der Waals surface area (Å²) in [7, 11) is 0. The maximum atomic E-state index is 2.44. The molecule has 0 saturated heterocycles. The summed E-state index contributed by atoms with van der Waals surface area (Å²) in [6.07, 6.45) is 0. The first kappa shape index (κ1) is 25.4. The van der Waals surface area contributed by atoms with Gasteiger partial charge in [0.15, 0.2) is 0 Å². The summed E-state index contributed by atoms with van der Waals surface area (Å²) in [4.78, 5) is 2.44. The van der Waals surface area contributed by atoms with E-state index in [4.69, 9.17) is 0 Å². The van der Waals surface area contributed by atoms with Crippen molar-refractivity contribution >= 4 is 27.8 Å². The van der Waals surface area contributed by atoms with Crippen molar-refractivity contribution < 1.29 is 0 Å². The van der Waals surface area contributed by atoms with Gasteiger partial charge in [0.05, 0.1) is 5.69 Å².